The normalized spacial score (nSPS) is 13.2. The van der Waals surface area contributed by atoms with Crippen LogP contribution in [0, 0.1) is 5.92 Å². The Morgan fingerprint density at radius 2 is 1.21 bits per heavy atom. The molecule has 0 aliphatic rings. The molecule has 5 nitrogen and oxygen atoms in total. The van der Waals surface area contributed by atoms with Crippen molar-refractivity contribution in [2.75, 3.05) is 11.5 Å². The van der Waals surface area contributed by atoms with Crippen LogP contribution in [0.3, 0.4) is 0 Å². The Labute approximate surface area is 208 Å². The second kappa shape index (κ2) is 23.0. The molecule has 6 heteroatoms. The molecule has 0 fully saturated rings. The minimum Gasteiger partial charge on any atom is -0.480 e. The van der Waals surface area contributed by atoms with Crippen molar-refractivity contribution in [3.05, 3.63) is 0 Å². The summed E-state index contributed by atoms with van der Waals surface area (Å²) in [6, 6.07) is -1.50. The molecule has 0 aliphatic carbocycles. The van der Waals surface area contributed by atoms with E-state index >= 15 is 0 Å². The summed E-state index contributed by atoms with van der Waals surface area (Å²) in [5.41, 5.74) is 5.94. The van der Waals surface area contributed by atoms with Gasteiger partial charge in [0, 0.05) is 5.75 Å². The van der Waals surface area contributed by atoms with E-state index in [-0.39, 0.29) is 11.8 Å². The van der Waals surface area contributed by atoms with Gasteiger partial charge in [0.2, 0.25) is 5.91 Å². The zero-order chi connectivity index (χ0) is 24.7. The predicted molar refractivity (Wildman–Crippen MR) is 144 cm³/mol. The molecule has 4 N–H and O–H groups in total. The molecule has 0 aromatic carbocycles. The van der Waals surface area contributed by atoms with E-state index in [0.717, 1.165) is 12.2 Å². The zero-order valence-electron chi connectivity index (χ0n) is 21.9. The summed E-state index contributed by atoms with van der Waals surface area (Å²) < 4.78 is 0. The summed E-state index contributed by atoms with van der Waals surface area (Å²) in [5.74, 6) is 0.395. The predicted octanol–water partition coefficient (Wildman–Crippen LogP) is 6.92. The topological polar surface area (TPSA) is 92.4 Å². The van der Waals surface area contributed by atoms with Crippen molar-refractivity contribution >= 4 is 23.6 Å². The summed E-state index contributed by atoms with van der Waals surface area (Å²) in [6.45, 7) is 6.16. The maximum absolute atomic E-state index is 12.1. The number of rotatable bonds is 24. The van der Waals surface area contributed by atoms with Gasteiger partial charge < -0.3 is 16.2 Å². The van der Waals surface area contributed by atoms with Gasteiger partial charge in [-0.2, -0.15) is 11.8 Å². The number of thioether (sulfide) groups is 1. The highest BCUT2D eigenvalue weighted by atomic mass is 32.2. The average molecular weight is 487 g/mol. The van der Waals surface area contributed by atoms with Crippen LogP contribution in [0.15, 0.2) is 0 Å². The Bertz CT molecular complexity index is 474. The lowest BCUT2D eigenvalue weighted by atomic mass is 10.0. The second-order valence-corrected chi connectivity index (χ2v) is 11.2. The molecule has 0 aliphatic heterocycles. The molecule has 0 saturated carbocycles. The molecule has 0 radical (unpaired) electrons. The maximum atomic E-state index is 12.1. The van der Waals surface area contributed by atoms with Crippen molar-refractivity contribution in [2.24, 2.45) is 11.7 Å². The van der Waals surface area contributed by atoms with Crippen LogP contribution < -0.4 is 11.1 Å². The molecule has 2 atom stereocenters. The standard InChI is InChI=1S/C27H54N2O3S/c1-4-5-6-7-8-9-10-11-12-13-14-15-16-17-18-19-20-33-22-24(28)26(30)29-25(27(31)32)21-23(2)3/h23-25H,4-22,28H2,1-3H3,(H,29,30)(H,31,32)/t24-,25+/m0/s1. The minimum atomic E-state index is -0.995. The van der Waals surface area contributed by atoms with Gasteiger partial charge in [-0.3, -0.25) is 4.79 Å². The number of hydrogen-bond donors (Lipinski definition) is 3. The quantitative estimate of drug-likeness (QED) is 0.129. The fraction of sp³-hybridized carbons (Fsp3) is 0.926. The van der Waals surface area contributed by atoms with Crippen LogP contribution in [0.2, 0.25) is 0 Å². The van der Waals surface area contributed by atoms with Crippen LogP contribution in [0.25, 0.3) is 0 Å². The Morgan fingerprint density at radius 1 is 0.788 bits per heavy atom. The fourth-order valence-corrected chi connectivity index (χ4v) is 4.99. The number of carboxylic acid groups (broad SMARTS) is 1. The Kier molecular flexibility index (Phi) is 22.5. The smallest absolute Gasteiger partial charge is 0.326 e. The molecule has 0 saturated heterocycles. The lowest BCUT2D eigenvalue weighted by Gasteiger charge is -2.19. The van der Waals surface area contributed by atoms with Crippen molar-refractivity contribution in [3.63, 3.8) is 0 Å². The Hall–Kier alpha value is -0.750. The number of nitrogens with one attached hydrogen (secondary N) is 1. The first-order valence-electron chi connectivity index (χ1n) is 13.7. The van der Waals surface area contributed by atoms with Gasteiger partial charge in [-0.1, -0.05) is 117 Å². The number of aliphatic carboxylic acids is 1. The molecule has 196 valence electrons. The first-order valence-corrected chi connectivity index (χ1v) is 14.9. The number of carbonyl (C=O) groups excluding carboxylic acids is 1. The van der Waals surface area contributed by atoms with Crippen molar-refractivity contribution in [3.8, 4) is 0 Å². The number of amides is 1. The van der Waals surface area contributed by atoms with E-state index in [4.69, 9.17) is 5.73 Å². The Balaban J connectivity index is 3.46. The fourth-order valence-electron chi connectivity index (χ4n) is 4.01. The highest BCUT2D eigenvalue weighted by molar-refractivity contribution is 7.99. The van der Waals surface area contributed by atoms with Crippen molar-refractivity contribution in [2.45, 2.75) is 142 Å². The van der Waals surface area contributed by atoms with Crippen LogP contribution >= 0.6 is 11.8 Å². The van der Waals surface area contributed by atoms with Crippen molar-refractivity contribution in [1.29, 1.82) is 0 Å². The highest BCUT2D eigenvalue weighted by Crippen LogP contribution is 2.15. The van der Waals surface area contributed by atoms with E-state index in [2.05, 4.69) is 12.2 Å². The second-order valence-electron chi connectivity index (χ2n) is 10.0. The van der Waals surface area contributed by atoms with E-state index in [1.807, 2.05) is 13.8 Å². The number of unbranched alkanes of at least 4 members (excludes halogenated alkanes) is 15. The van der Waals surface area contributed by atoms with Gasteiger partial charge in [-0.15, -0.1) is 0 Å². The Morgan fingerprint density at radius 3 is 1.61 bits per heavy atom. The highest BCUT2D eigenvalue weighted by Gasteiger charge is 2.23. The van der Waals surface area contributed by atoms with Gasteiger partial charge in [-0.05, 0) is 24.5 Å². The molecule has 0 unspecified atom stereocenters. The van der Waals surface area contributed by atoms with Crippen molar-refractivity contribution in [1.82, 2.24) is 5.32 Å². The molecule has 0 spiro atoms. The first-order chi connectivity index (χ1) is 15.9. The van der Waals surface area contributed by atoms with Crippen LogP contribution in [0.5, 0.6) is 0 Å². The van der Waals surface area contributed by atoms with Crippen LogP contribution in [-0.2, 0) is 9.59 Å². The number of carboxylic acids is 1. The number of hydrogen-bond acceptors (Lipinski definition) is 4. The summed E-state index contributed by atoms with van der Waals surface area (Å²) in [7, 11) is 0. The third-order valence-corrected chi connectivity index (χ3v) is 7.27. The average Bonchev–Trinajstić information content (AvgIpc) is 2.77. The van der Waals surface area contributed by atoms with Gasteiger partial charge in [0.15, 0.2) is 0 Å². The van der Waals surface area contributed by atoms with Gasteiger partial charge in [0.25, 0.3) is 0 Å². The third-order valence-electron chi connectivity index (χ3n) is 6.10. The molecule has 0 rings (SSSR count). The van der Waals surface area contributed by atoms with Gasteiger partial charge in [0.1, 0.15) is 6.04 Å². The molecule has 0 aromatic heterocycles. The van der Waals surface area contributed by atoms with Crippen LogP contribution in [0.1, 0.15) is 130 Å². The van der Waals surface area contributed by atoms with Crippen LogP contribution in [-0.4, -0.2) is 40.6 Å². The lowest BCUT2D eigenvalue weighted by molar-refractivity contribution is -0.142. The monoisotopic (exact) mass is 486 g/mol. The molecule has 0 heterocycles. The molecular weight excluding hydrogens is 432 g/mol. The maximum Gasteiger partial charge on any atom is 0.326 e. The summed E-state index contributed by atoms with van der Waals surface area (Å²) in [4.78, 5) is 23.4. The van der Waals surface area contributed by atoms with Crippen molar-refractivity contribution < 1.29 is 14.7 Å². The van der Waals surface area contributed by atoms with Crippen LogP contribution in [0.4, 0.5) is 0 Å². The molecule has 1 amide bonds. The van der Waals surface area contributed by atoms with E-state index in [1.165, 1.54) is 96.3 Å². The number of nitrogens with two attached hydrogens (primary N) is 1. The van der Waals surface area contributed by atoms with Gasteiger partial charge in [-0.25, -0.2) is 4.79 Å². The lowest BCUT2D eigenvalue weighted by Crippen LogP contribution is -2.49. The largest absolute Gasteiger partial charge is 0.480 e. The van der Waals surface area contributed by atoms with E-state index < -0.39 is 18.1 Å². The first kappa shape index (κ1) is 32.2. The summed E-state index contributed by atoms with van der Waals surface area (Å²) in [6.07, 6.45) is 22.3. The summed E-state index contributed by atoms with van der Waals surface area (Å²) >= 11 is 1.69. The molecule has 0 bridgehead atoms. The zero-order valence-corrected chi connectivity index (χ0v) is 22.7. The summed E-state index contributed by atoms with van der Waals surface area (Å²) in [5, 5.41) is 11.8. The third kappa shape index (κ3) is 21.5. The van der Waals surface area contributed by atoms with E-state index in [0.29, 0.717) is 12.2 Å². The minimum absolute atomic E-state index is 0.201. The van der Waals surface area contributed by atoms with Gasteiger partial charge >= 0.3 is 5.97 Å². The van der Waals surface area contributed by atoms with Gasteiger partial charge in [0.05, 0.1) is 6.04 Å². The SMILES string of the molecule is CCCCCCCCCCCCCCCCCCSC[C@H](N)C(=O)N[C@H](CC(C)C)C(=O)O. The molecule has 33 heavy (non-hydrogen) atoms. The van der Waals surface area contributed by atoms with E-state index in [1.54, 1.807) is 11.8 Å². The molecular formula is C27H54N2O3S. The molecule has 0 aromatic rings. The number of carbonyl (C=O) groups is 2. The van der Waals surface area contributed by atoms with E-state index in [9.17, 15) is 14.7 Å².